The molecule has 1 fully saturated rings. The Balaban J connectivity index is 2.40. The SMILES string of the molecule is CCCCCCCCCCCC(CCCCCCCC)OC(=O)C1CCCCC1C(=O)O. The Hall–Kier alpha value is -1.06. The second-order valence-corrected chi connectivity index (χ2v) is 10.1. The third kappa shape index (κ3) is 13.5. The zero-order chi connectivity index (χ0) is 23.4. The van der Waals surface area contributed by atoms with Crippen LogP contribution in [0.3, 0.4) is 0 Å². The van der Waals surface area contributed by atoms with Crippen LogP contribution in [0.15, 0.2) is 0 Å². The summed E-state index contributed by atoms with van der Waals surface area (Å²) in [5.74, 6) is -2.09. The molecule has 1 saturated carbocycles. The van der Waals surface area contributed by atoms with Crippen LogP contribution < -0.4 is 0 Å². The summed E-state index contributed by atoms with van der Waals surface area (Å²) < 4.78 is 5.97. The van der Waals surface area contributed by atoms with Crippen molar-refractivity contribution in [3.05, 3.63) is 0 Å². The highest BCUT2D eigenvalue weighted by Gasteiger charge is 2.37. The van der Waals surface area contributed by atoms with Crippen LogP contribution in [0.5, 0.6) is 0 Å². The molecule has 3 unspecified atom stereocenters. The van der Waals surface area contributed by atoms with E-state index in [1.807, 2.05) is 0 Å². The summed E-state index contributed by atoms with van der Waals surface area (Å²) >= 11 is 0. The molecule has 0 saturated heterocycles. The van der Waals surface area contributed by atoms with E-state index in [1.54, 1.807) is 0 Å². The normalized spacial score (nSPS) is 19.6. The first-order valence-corrected chi connectivity index (χ1v) is 14.0. The van der Waals surface area contributed by atoms with Crippen LogP contribution in [0.1, 0.15) is 149 Å². The van der Waals surface area contributed by atoms with Gasteiger partial charge in [0.25, 0.3) is 0 Å². The second kappa shape index (κ2) is 19.4. The minimum Gasteiger partial charge on any atom is -0.481 e. The van der Waals surface area contributed by atoms with Gasteiger partial charge < -0.3 is 9.84 Å². The van der Waals surface area contributed by atoms with Crippen LogP contribution in [-0.4, -0.2) is 23.1 Å². The predicted molar refractivity (Wildman–Crippen MR) is 133 cm³/mol. The number of carboxylic acids is 1. The molecule has 1 rings (SSSR count). The van der Waals surface area contributed by atoms with Gasteiger partial charge in [-0.2, -0.15) is 0 Å². The second-order valence-electron chi connectivity index (χ2n) is 10.1. The van der Waals surface area contributed by atoms with E-state index < -0.39 is 17.8 Å². The summed E-state index contributed by atoms with van der Waals surface area (Å²) in [7, 11) is 0. The van der Waals surface area contributed by atoms with E-state index in [-0.39, 0.29) is 12.1 Å². The summed E-state index contributed by atoms with van der Waals surface area (Å²) in [6.45, 7) is 4.49. The number of ether oxygens (including phenoxy) is 1. The highest BCUT2D eigenvalue weighted by Crippen LogP contribution is 2.32. The van der Waals surface area contributed by atoms with Gasteiger partial charge in [-0.1, -0.05) is 110 Å². The number of rotatable bonds is 20. The van der Waals surface area contributed by atoms with E-state index >= 15 is 0 Å². The molecule has 0 amide bonds. The van der Waals surface area contributed by atoms with Gasteiger partial charge >= 0.3 is 11.9 Å². The maximum atomic E-state index is 12.9. The van der Waals surface area contributed by atoms with Crippen molar-refractivity contribution < 1.29 is 19.4 Å². The van der Waals surface area contributed by atoms with Crippen LogP contribution in [-0.2, 0) is 14.3 Å². The molecule has 0 aromatic rings. The van der Waals surface area contributed by atoms with E-state index in [1.165, 1.54) is 83.5 Å². The molecule has 0 heterocycles. The van der Waals surface area contributed by atoms with Crippen LogP contribution in [0.2, 0.25) is 0 Å². The van der Waals surface area contributed by atoms with Crippen molar-refractivity contribution in [2.24, 2.45) is 11.8 Å². The number of hydrogen-bond acceptors (Lipinski definition) is 3. The van der Waals surface area contributed by atoms with Crippen molar-refractivity contribution in [2.75, 3.05) is 0 Å². The fraction of sp³-hybridized carbons (Fsp3) is 0.929. The number of carbonyl (C=O) groups excluding carboxylic acids is 1. The van der Waals surface area contributed by atoms with Crippen LogP contribution in [0, 0.1) is 11.8 Å². The van der Waals surface area contributed by atoms with Crippen molar-refractivity contribution >= 4 is 11.9 Å². The van der Waals surface area contributed by atoms with Crippen LogP contribution >= 0.6 is 0 Å². The quantitative estimate of drug-likeness (QED) is 0.149. The van der Waals surface area contributed by atoms with Gasteiger partial charge in [0, 0.05) is 0 Å². The van der Waals surface area contributed by atoms with Crippen LogP contribution in [0.4, 0.5) is 0 Å². The maximum Gasteiger partial charge on any atom is 0.310 e. The molecule has 0 spiro atoms. The zero-order valence-electron chi connectivity index (χ0n) is 21.3. The molecule has 188 valence electrons. The van der Waals surface area contributed by atoms with Gasteiger partial charge in [0.05, 0.1) is 11.8 Å². The summed E-state index contributed by atoms with van der Waals surface area (Å²) in [6.07, 6.45) is 24.0. The first-order valence-electron chi connectivity index (χ1n) is 14.0. The standard InChI is InChI=1S/C28H52O4/c1-3-5-7-9-11-12-13-15-17-21-24(20-16-14-10-8-6-4-2)32-28(31)26-23-19-18-22-25(26)27(29)30/h24-26H,3-23H2,1-2H3,(H,29,30). The third-order valence-corrected chi connectivity index (χ3v) is 7.18. The molecule has 1 aliphatic carbocycles. The third-order valence-electron chi connectivity index (χ3n) is 7.18. The molecule has 0 bridgehead atoms. The number of esters is 1. The molecule has 32 heavy (non-hydrogen) atoms. The Labute approximate surface area is 198 Å². The molecule has 4 heteroatoms. The highest BCUT2D eigenvalue weighted by molar-refractivity contribution is 5.81. The van der Waals surface area contributed by atoms with Crippen molar-refractivity contribution in [1.29, 1.82) is 0 Å². The van der Waals surface area contributed by atoms with Gasteiger partial charge in [-0.15, -0.1) is 0 Å². The Morgan fingerprint density at radius 3 is 1.53 bits per heavy atom. The lowest BCUT2D eigenvalue weighted by atomic mass is 9.79. The van der Waals surface area contributed by atoms with E-state index in [0.29, 0.717) is 12.8 Å². The Morgan fingerprint density at radius 1 is 0.688 bits per heavy atom. The molecule has 0 aliphatic heterocycles. The fourth-order valence-electron chi connectivity index (χ4n) is 5.06. The number of unbranched alkanes of at least 4 members (excludes halogenated alkanes) is 13. The lowest BCUT2D eigenvalue weighted by Crippen LogP contribution is -2.35. The van der Waals surface area contributed by atoms with E-state index in [0.717, 1.165) is 38.5 Å². The molecule has 0 aromatic carbocycles. The van der Waals surface area contributed by atoms with Crippen molar-refractivity contribution in [3.63, 3.8) is 0 Å². The first-order chi connectivity index (χ1) is 15.6. The Bertz CT molecular complexity index is 476. The van der Waals surface area contributed by atoms with Gasteiger partial charge in [-0.05, 0) is 38.5 Å². The minimum absolute atomic E-state index is 0.0328. The number of carbonyl (C=O) groups is 2. The zero-order valence-corrected chi connectivity index (χ0v) is 21.3. The van der Waals surface area contributed by atoms with Crippen molar-refractivity contribution in [1.82, 2.24) is 0 Å². The number of hydrogen-bond donors (Lipinski definition) is 1. The minimum atomic E-state index is -0.835. The Kier molecular flexibility index (Phi) is 17.6. The van der Waals surface area contributed by atoms with Gasteiger partial charge in [0.1, 0.15) is 6.10 Å². The largest absolute Gasteiger partial charge is 0.481 e. The fourth-order valence-corrected chi connectivity index (χ4v) is 5.06. The molecule has 1 aliphatic rings. The van der Waals surface area contributed by atoms with Crippen LogP contribution in [0.25, 0.3) is 0 Å². The summed E-state index contributed by atoms with van der Waals surface area (Å²) in [6, 6.07) is 0. The Morgan fingerprint density at radius 2 is 1.09 bits per heavy atom. The first kappa shape index (κ1) is 29.0. The van der Waals surface area contributed by atoms with Crippen molar-refractivity contribution in [2.45, 2.75) is 155 Å². The maximum absolute atomic E-state index is 12.9. The van der Waals surface area contributed by atoms with E-state index in [9.17, 15) is 14.7 Å². The van der Waals surface area contributed by atoms with Gasteiger partial charge in [-0.25, -0.2) is 0 Å². The molecule has 1 N–H and O–H groups in total. The topological polar surface area (TPSA) is 63.6 Å². The molecule has 3 atom stereocenters. The molecule has 0 aromatic heterocycles. The number of carboxylic acid groups (broad SMARTS) is 1. The van der Waals surface area contributed by atoms with Gasteiger partial charge in [0.15, 0.2) is 0 Å². The average Bonchev–Trinajstić information content (AvgIpc) is 2.79. The summed E-state index contributed by atoms with van der Waals surface area (Å²) in [5, 5.41) is 9.52. The summed E-state index contributed by atoms with van der Waals surface area (Å²) in [5.41, 5.74) is 0. The molecule has 4 nitrogen and oxygen atoms in total. The van der Waals surface area contributed by atoms with Gasteiger partial charge in [0.2, 0.25) is 0 Å². The monoisotopic (exact) mass is 452 g/mol. The molecular weight excluding hydrogens is 400 g/mol. The lowest BCUT2D eigenvalue weighted by Gasteiger charge is -2.29. The van der Waals surface area contributed by atoms with Gasteiger partial charge in [-0.3, -0.25) is 9.59 Å². The van der Waals surface area contributed by atoms with E-state index in [4.69, 9.17) is 4.74 Å². The number of aliphatic carboxylic acids is 1. The summed E-state index contributed by atoms with van der Waals surface area (Å²) in [4.78, 5) is 24.5. The predicted octanol–water partition coefficient (Wildman–Crippen LogP) is 8.46. The smallest absolute Gasteiger partial charge is 0.310 e. The highest BCUT2D eigenvalue weighted by atomic mass is 16.5. The average molecular weight is 453 g/mol. The lowest BCUT2D eigenvalue weighted by molar-refractivity contribution is -0.164. The molecular formula is C28H52O4. The van der Waals surface area contributed by atoms with E-state index in [2.05, 4.69) is 13.8 Å². The molecule has 0 radical (unpaired) electrons. The van der Waals surface area contributed by atoms with Crippen molar-refractivity contribution in [3.8, 4) is 0 Å².